The molecule has 3 saturated heterocycles. The number of nitrogens with zero attached hydrogens (tertiary/aromatic N) is 3. The van der Waals surface area contributed by atoms with Gasteiger partial charge in [-0.15, -0.1) is 0 Å². The van der Waals surface area contributed by atoms with E-state index in [2.05, 4.69) is 22.9 Å². The number of piperazine rings is 1. The van der Waals surface area contributed by atoms with E-state index in [4.69, 9.17) is 4.74 Å². The molecular formula is C20H29N3O2. The first-order valence-electron chi connectivity index (χ1n) is 9.38. The normalized spacial score (nSPS) is 26.8. The number of carbonyl (C=O) groups excluding carboxylic acids is 1. The van der Waals surface area contributed by atoms with Crippen LogP contribution in [0.5, 0.6) is 0 Å². The number of rotatable bonds is 2. The van der Waals surface area contributed by atoms with Crippen LogP contribution in [0.2, 0.25) is 0 Å². The number of ether oxygens (including phenoxy) is 1. The van der Waals surface area contributed by atoms with Crippen LogP contribution in [0.25, 0.3) is 0 Å². The molecule has 3 aliphatic rings. The van der Waals surface area contributed by atoms with Gasteiger partial charge in [-0.25, -0.2) is 0 Å². The van der Waals surface area contributed by atoms with Gasteiger partial charge in [0.2, 0.25) is 0 Å². The van der Waals surface area contributed by atoms with Crippen molar-refractivity contribution < 1.29 is 9.53 Å². The topological polar surface area (TPSA) is 36.0 Å². The molecule has 1 aromatic carbocycles. The first-order chi connectivity index (χ1) is 11.9. The number of likely N-dealkylation sites (tertiary alicyclic amines) is 1. The van der Waals surface area contributed by atoms with Crippen LogP contribution in [0.3, 0.4) is 0 Å². The molecule has 5 heteroatoms. The van der Waals surface area contributed by atoms with Crippen molar-refractivity contribution in [3.05, 3.63) is 34.9 Å². The molecule has 0 aromatic heterocycles. The quantitative estimate of drug-likeness (QED) is 0.816. The Kier molecular flexibility index (Phi) is 4.34. The zero-order chi connectivity index (χ0) is 17.6. The molecule has 3 heterocycles. The van der Waals surface area contributed by atoms with Gasteiger partial charge >= 0.3 is 0 Å². The highest BCUT2D eigenvalue weighted by molar-refractivity contribution is 5.95. The molecule has 0 N–H and O–H groups in total. The van der Waals surface area contributed by atoms with Crippen LogP contribution < -0.4 is 0 Å². The van der Waals surface area contributed by atoms with E-state index in [1.54, 1.807) is 0 Å². The van der Waals surface area contributed by atoms with E-state index >= 15 is 0 Å². The van der Waals surface area contributed by atoms with Crippen molar-refractivity contribution in [1.82, 2.24) is 14.7 Å². The molecule has 1 aromatic rings. The molecule has 4 rings (SSSR count). The van der Waals surface area contributed by atoms with Crippen molar-refractivity contribution in [3.63, 3.8) is 0 Å². The van der Waals surface area contributed by atoms with Gasteiger partial charge in [-0.05, 0) is 39.4 Å². The Morgan fingerprint density at radius 1 is 1.08 bits per heavy atom. The lowest BCUT2D eigenvalue weighted by molar-refractivity contribution is -0.0951. The Labute approximate surface area is 150 Å². The molecule has 3 fully saturated rings. The maximum atomic E-state index is 12.7. The number of amides is 1. The third-order valence-corrected chi connectivity index (χ3v) is 5.96. The zero-order valence-electron chi connectivity index (χ0n) is 15.6. The summed E-state index contributed by atoms with van der Waals surface area (Å²) in [7, 11) is 2.19. The lowest BCUT2D eigenvalue weighted by Gasteiger charge is -2.47. The van der Waals surface area contributed by atoms with E-state index in [9.17, 15) is 4.79 Å². The van der Waals surface area contributed by atoms with Crippen LogP contribution in [0.1, 0.15) is 27.9 Å². The van der Waals surface area contributed by atoms with Gasteiger partial charge in [0.1, 0.15) is 5.60 Å². The number of carbonyl (C=O) groups is 1. The van der Waals surface area contributed by atoms with Gasteiger partial charge in [-0.3, -0.25) is 9.69 Å². The summed E-state index contributed by atoms with van der Waals surface area (Å²) in [4.78, 5) is 19.6. The van der Waals surface area contributed by atoms with Crippen LogP contribution in [0.4, 0.5) is 0 Å². The van der Waals surface area contributed by atoms with Crippen LogP contribution in [0.15, 0.2) is 18.2 Å². The summed E-state index contributed by atoms with van der Waals surface area (Å²) in [6.07, 6.45) is 1.06. The minimum absolute atomic E-state index is 0.0947. The Balaban J connectivity index is 1.34. The van der Waals surface area contributed by atoms with E-state index in [0.717, 1.165) is 69.0 Å². The lowest BCUT2D eigenvalue weighted by Crippen LogP contribution is -2.63. The molecule has 136 valence electrons. The molecule has 3 aliphatic heterocycles. The first kappa shape index (κ1) is 17.0. The van der Waals surface area contributed by atoms with Crippen molar-refractivity contribution in [1.29, 1.82) is 0 Å². The van der Waals surface area contributed by atoms with E-state index in [0.29, 0.717) is 6.04 Å². The Morgan fingerprint density at radius 2 is 1.72 bits per heavy atom. The van der Waals surface area contributed by atoms with Crippen molar-refractivity contribution in [2.75, 3.05) is 52.9 Å². The summed E-state index contributed by atoms with van der Waals surface area (Å²) in [5, 5.41) is 0. The molecule has 5 nitrogen and oxygen atoms in total. The van der Waals surface area contributed by atoms with Gasteiger partial charge in [0.25, 0.3) is 5.91 Å². The van der Waals surface area contributed by atoms with E-state index in [1.807, 2.05) is 30.9 Å². The van der Waals surface area contributed by atoms with Crippen molar-refractivity contribution in [2.45, 2.75) is 31.9 Å². The van der Waals surface area contributed by atoms with Crippen LogP contribution >= 0.6 is 0 Å². The zero-order valence-corrected chi connectivity index (χ0v) is 15.6. The fourth-order valence-electron chi connectivity index (χ4n) is 4.54. The standard InChI is InChI=1S/C20H29N3O2/c1-15-8-16(2)10-17(9-15)19(24)23-13-20(14-23)11-18(12-25-20)22-6-4-21(3)5-7-22/h8-10,18H,4-7,11-14H2,1-3H3. The molecule has 1 amide bonds. The monoisotopic (exact) mass is 343 g/mol. The predicted molar refractivity (Wildman–Crippen MR) is 98.0 cm³/mol. The van der Waals surface area contributed by atoms with Crippen LogP contribution in [0, 0.1) is 13.8 Å². The molecule has 1 atom stereocenters. The second-order valence-electron chi connectivity index (χ2n) is 8.23. The van der Waals surface area contributed by atoms with E-state index in [-0.39, 0.29) is 11.5 Å². The Morgan fingerprint density at radius 3 is 2.36 bits per heavy atom. The number of hydrogen-bond donors (Lipinski definition) is 0. The summed E-state index contributed by atoms with van der Waals surface area (Å²) in [6.45, 7) is 10.9. The number of hydrogen-bond acceptors (Lipinski definition) is 4. The highest BCUT2D eigenvalue weighted by Gasteiger charge is 2.52. The van der Waals surface area contributed by atoms with E-state index < -0.39 is 0 Å². The molecule has 1 unspecified atom stereocenters. The van der Waals surface area contributed by atoms with Gasteiger partial charge in [0, 0.05) is 37.8 Å². The molecule has 25 heavy (non-hydrogen) atoms. The molecule has 1 spiro atoms. The number of benzene rings is 1. The summed E-state index contributed by atoms with van der Waals surface area (Å²) >= 11 is 0. The third kappa shape index (κ3) is 3.33. The fraction of sp³-hybridized carbons (Fsp3) is 0.650. The Bertz CT molecular complexity index is 641. The smallest absolute Gasteiger partial charge is 0.254 e. The minimum atomic E-state index is -0.0947. The van der Waals surface area contributed by atoms with E-state index in [1.165, 1.54) is 0 Å². The average molecular weight is 343 g/mol. The number of aryl methyl sites for hydroxylation is 2. The predicted octanol–water partition coefficient (Wildman–Crippen LogP) is 1.53. The molecule has 0 aliphatic carbocycles. The summed E-state index contributed by atoms with van der Waals surface area (Å²) in [5.74, 6) is 0.143. The highest BCUT2D eigenvalue weighted by Crippen LogP contribution is 2.37. The summed E-state index contributed by atoms with van der Waals surface area (Å²) in [5.41, 5.74) is 3.00. The molecular weight excluding hydrogens is 314 g/mol. The maximum Gasteiger partial charge on any atom is 0.254 e. The molecule has 0 radical (unpaired) electrons. The number of likely N-dealkylation sites (N-methyl/N-ethyl adjacent to an activating group) is 1. The lowest BCUT2D eigenvalue weighted by atomic mass is 9.88. The largest absolute Gasteiger partial charge is 0.370 e. The fourth-order valence-corrected chi connectivity index (χ4v) is 4.54. The molecule has 0 bridgehead atoms. The highest BCUT2D eigenvalue weighted by atomic mass is 16.5. The van der Waals surface area contributed by atoms with Gasteiger partial charge < -0.3 is 14.5 Å². The average Bonchev–Trinajstić information content (AvgIpc) is 2.98. The van der Waals surface area contributed by atoms with Crippen molar-refractivity contribution in [3.8, 4) is 0 Å². The maximum absolute atomic E-state index is 12.7. The molecule has 0 saturated carbocycles. The van der Waals surface area contributed by atoms with Crippen molar-refractivity contribution >= 4 is 5.91 Å². The van der Waals surface area contributed by atoms with Gasteiger partial charge in [-0.2, -0.15) is 0 Å². The SMILES string of the molecule is Cc1cc(C)cc(C(=O)N2CC3(CC(N4CCN(C)CC4)CO3)C2)c1. The van der Waals surface area contributed by atoms with Gasteiger partial charge in [0.15, 0.2) is 0 Å². The van der Waals surface area contributed by atoms with Crippen LogP contribution in [-0.4, -0.2) is 85.2 Å². The van der Waals surface area contributed by atoms with Gasteiger partial charge in [0.05, 0.1) is 19.7 Å². The van der Waals surface area contributed by atoms with Crippen LogP contribution in [-0.2, 0) is 4.74 Å². The minimum Gasteiger partial charge on any atom is -0.370 e. The second-order valence-corrected chi connectivity index (χ2v) is 8.23. The van der Waals surface area contributed by atoms with Gasteiger partial charge in [-0.1, -0.05) is 17.2 Å². The first-order valence-corrected chi connectivity index (χ1v) is 9.38. The second kappa shape index (κ2) is 6.38. The third-order valence-electron chi connectivity index (χ3n) is 5.96. The summed E-state index contributed by atoms with van der Waals surface area (Å²) < 4.78 is 6.18. The Hall–Kier alpha value is -1.43. The summed E-state index contributed by atoms with van der Waals surface area (Å²) in [6, 6.07) is 6.60. The van der Waals surface area contributed by atoms with Crippen molar-refractivity contribution in [2.24, 2.45) is 0 Å².